The second kappa shape index (κ2) is 6.51. The highest BCUT2D eigenvalue weighted by Gasteiger charge is 2.23. The number of aliphatic carboxylic acids is 1. The zero-order valence-corrected chi connectivity index (χ0v) is 13.9. The third-order valence-corrected chi connectivity index (χ3v) is 4.43. The molecule has 128 valence electrons. The van der Waals surface area contributed by atoms with Crippen LogP contribution >= 0.6 is 0 Å². The van der Waals surface area contributed by atoms with Crippen molar-refractivity contribution in [1.82, 2.24) is 14.7 Å². The molecule has 24 heavy (non-hydrogen) atoms. The van der Waals surface area contributed by atoms with Gasteiger partial charge in [-0.1, -0.05) is 0 Å². The summed E-state index contributed by atoms with van der Waals surface area (Å²) in [5, 5.41) is 13.3. The summed E-state index contributed by atoms with van der Waals surface area (Å²) in [6, 6.07) is 3.40. The maximum absolute atomic E-state index is 12.4. The van der Waals surface area contributed by atoms with Gasteiger partial charge in [0.05, 0.1) is 5.69 Å². The lowest BCUT2D eigenvalue weighted by atomic mass is 10.1. The summed E-state index contributed by atoms with van der Waals surface area (Å²) in [5.41, 5.74) is 2.52. The molecular weight excluding hydrogens is 310 g/mol. The molecule has 0 unspecified atom stereocenters. The van der Waals surface area contributed by atoms with Crippen LogP contribution in [-0.2, 0) is 11.2 Å². The maximum atomic E-state index is 12.4. The van der Waals surface area contributed by atoms with Crippen molar-refractivity contribution >= 4 is 11.9 Å². The minimum Gasteiger partial charge on any atom is -0.481 e. The minimum atomic E-state index is -0.835. The molecular formula is C17H21N3O4. The third kappa shape index (κ3) is 3.06. The number of likely N-dealkylation sites (tertiary alicyclic amines) is 1. The number of carboxylic acids is 1. The van der Waals surface area contributed by atoms with E-state index in [2.05, 4.69) is 5.10 Å². The van der Waals surface area contributed by atoms with Crippen molar-refractivity contribution in [1.29, 1.82) is 0 Å². The highest BCUT2D eigenvalue weighted by atomic mass is 16.4. The van der Waals surface area contributed by atoms with E-state index in [9.17, 15) is 9.59 Å². The van der Waals surface area contributed by atoms with E-state index in [0.29, 0.717) is 18.1 Å². The lowest BCUT2D eigenvalue weighted by Gasteiger charge is -2.12. The lowest BCUT2D eigenvalue weighted by Crippen LogP contribution is -2.27. The molecule has 2 aromatic rings. The largest absolute Gasteiger partial charge is 0.481 e. The number of carbonyl (C=O) groups excluding carboxylic acids is 1. The van der Waals surface area contributed by atoms with Gasteiger partial charge in [-0.25, -0.2) is 4.68 Å². The predicted octanol–water partition coefficient (Wildman–Crippen LogP) is 2.34. The summed E-state index contributed by atoms with van der Waals surface area (Å²) in [6.07, 6.45) is 2.55. The topological polar surface area (TPSA) is 88.6 Å². The summed E-state index contributed by atoms with van der Waals surface area (Å²) in [4.78, 5) is 24.9. The summed E-state index contributed by atoms with van der Waals surface area (Å²) < 4.78 is 7.34. The van der Waals surface area contributed by atoms with Crippen molar-refractivity contribution in [2.45, 2.75) is 39.5 Å². The van der Waals surface area contributed by atoms with Gasteiger partial charge in [0.15, 0.2) is 5.76 Å². The number of hydrogen-bond acceptors (Lipinski definition) is 4. The molecule has 7 heteroatoms. The summed E-state index contributed by atoms with van der Waals surface area (Å²) in [7, 11) is 0. The van der Waals surface area contributed by atoms with Gasteiger partial charge < -0.3 is 14.4 Å². The number of carbonyl (C=O) groups is 2. The van der Waals surface area contributed by atoms with Crippen LogP contribution in [0.25, 0.3) is 5.88 Å². The number of furan rings is 1. The first-order valence-corrected chi connectivity index (χ1v) is 8.13. The first kappa shape index (κ1) is 16.3. The van der Waals surface area contributed by atoms with E-state index < -0.39 is 5.97 Å². The molecule has 1 saturated heterocycles. The van der Waals surface area contributed by atoms with Crippen LogP contribution in [0.15, 0.2) is 16.5 Å². The Kier molecular flexibility index (Phi) is 4.42. The van der Waals surface area contributed by atoms with Crippen LogP contribution in [0.1, 0.15) is 46.8 Å². The molecule has 0 saturated carbocycles. The summed E-state index contributed by atoms with van der Waals surface area (Å²) in [5.74, 6) is -0.143. The van der Waals surface area contributed by atoms with E-state index in [1.807, 2.05) is 13.8 Å². The molecule has 1 aliphatic heterocycles. The molecule has 0 atom stereocenters. The molecule has 3 rings (SSSR count). The molecule has 0 radical (unpaired) electrons. The average molecular weight is 331 g/mol. The van der Waals surface area contributed by atoms with E-state index >= 15 is 0 Å². The zero-order chi connectivity index (χ0) is 17.3. The van der Waals surface area contributed by atoms with Gasteiger partial charge in [-0.15, -0.1) is 0 Å². The average Bonchev–Trinajstić information content (AvgIpc) is 3.26. The van der Waals surface area contributed by atoms with Gasteiger partial charge in [-0.3, -0.25) is 9.59 Å². The van der Waals surface area contributed by atoms with Crippen LogP contribution in [0.4, 0.5) is 0 Å². The van der Waals surface area contributed by atoms with E-state index in [4.69, 9.17) is 9.52 Å². The highest BCUT2D eigenvalue weighted by Crippen LogP contribution is 2.22. The van der Waals surface area contributed by atoms with Gasteiger partial charge >= 0.3 is 5.97 Å². The fraction of sp³-hybridized carbons (Fsp3) is 0.471. The number of carboxylic acid groups (broad SMARTS) is 1. The Morgan fingerprint density at radius 3 is 2.62 bits per heavy atom. The van der Waals surface area contributed by atoms with Crippen LogP contribution in [0, 0.1) is 13.8 Å². The summed E-state index contributed by atoms with van der Waals surface area (Å²) >= 11 is 0. The van der Waals surface area contributed by atoms with Gasteiger partial charge in [-0.2, -0.15) is 5.10 Å². The highest BCUT2D eigenvalue weighted by molar-refractivity contribution is 5.91. The van der Waals surface area contributed by atoms with Crippen LogP contribution in [0.3, 0.4) is 0 Å². The Labute approximate surface area is 139 Å². The monoisotopic (exact) mass is 331 g/mol. The van der Waals surface area contributed by atoms with E-state index in [0.717, 1.165) is 42.9 Å². The first-order chi connectivity index (χ1) is 11.5. The number of amides is 1. The molecule has 2 aromatic heterocycles. The number of aryl methyl sites for hydroxylation is 1. The predicted molar refractivity (Wildman–Crippen MR) is 86.4 cm³/mol. The molecule has 1 N–H and O–H groups in total. The Morgan fingerprint density at radius 2 is 1.96 bits per heavy atom. The normalized spacial score (nSPS) is 14.3. The van der Waals surface area contributed by atoms with Crippen LogP contribution in [0.2, 0.25) is 0 Å². The first-order valence-electron chi connectivity index (χ1n) is 8.13. The fourth-order valence-corrected chi connectivity index (χ4v) is 3.12. The maximum Gasteiger partial charge on any atom is 0.303 e. The van der Waals surface area contributed by atoms with Crippen molar-refractivity contribution in [3.63, 3.8) is 0 Å². The fourth-order valence-electron chi connectivity index (χ4n) is 3.12. The molecule has 1 amide bonds. The number of rotatable bonds is 5. The molecule has 0 bridgehead atoms. The van der Waals surface area contributed by atoms with Gasteiger partial charge in [0.25, 0.3) is 5.91 Å². The molecule has 0 aliphatic carbocycles. The Balaban J connectivity index is 1.83. The van der Waals surface area contributed by atoms with Crippen LogP contribution in [-0.4, -0.2) is 44.8 Å². The SMILES string of the molecule is Cc1nn(-c2ccc(C(=O)N3CCCC3)o2)c(C)c1CCC(=O)O. The molecule has 1 aliphatic rings. The molecule has 0 aromatic carbocycles. The smallest absolute Gasteiger partial charge is 0.303 e. The molecule has 7 nitrogen and oxygen atoms in total. The molecule has 3 heterocycles. The van der Waals surface area contributed by atoms with Gasteiger partial charge in [0.1, 0.15) is 0 Å². The van der Waals surface area contributed by atoms with Crippen LogP contribution < -0.4 is 0 Å². The quantitative estimate of drug-likeness (QED) is 0.908. The zero-order valence-electron chi connectivity index (χ0n) is 13.9. The number of nitrogens with zero attached hydrogens (tertiary/aromatic N) is 3. The third-order valence-electron chi connectivity index (χ3n) is 4.43. The van der Waals surface area contributed by atoms with E-state index in [1.165, 1.54) is 0 Å². The molecule has 1 fully saturated rings. The van der Waals surface area contributed by atoms with Gasteiger partial charge in [0, 0.05) is 31.3 Å². The van der Waals surface area contributed by atoms with Crippen LogP contribution in [0.5, 0.6) is 0 Å². The Bertz CT molecular complexity index is 769. The summed E-state index contributed by atoms with van der Waals surface area (Å²) in [6.45, 7) is 5.27. The van der Waals surface area contributed by atoms with Crippen molar-refractivity contribution in [2.75, 3.05) is 13.1 Å². The minimum absolute atomic E-state index is 0.0597. The Hall–Kier alpha value is -2.57. The second-order valence-corrected chi connectivity index (χ2v) is 6.09. The van der Waals surface area contributed by atoms with Crippen molar-refractivity contribution in [3.05, 3.63) is 34.8 Å². The second-order valence-electron chi connectivity index (χ2n) is 6.09. The van der Waals surface area contributed by atoms with Gasteiger partial charge in [0.2, 0.25) is 5.88 Å². The lowest BCUT2D eigenvalue weighted by molar-refractivity contribution is -0.136. The van der Waals surface area contributed by atoms with Gasteiger partial charge in [-0.05, 0) is 44.7 Å². The number of aromatic nitrogens is 2. The molecule has 0 spiro atoms. The van der Waals surface area contributed by atoms with Crippen molar-refractivity contribution in [2.24, 2.45) is 0 Å². The van der Waals surface area contributed by atoms with Crippen molar-refractivity contribution < 1.29 is 19.1 Å². The standard InChI is InChI=1S/C17H21N3O4/c1-11-13(5-8-16(21)22)12(2)20(18-11)15-7-6-14(24-15)17(23)19-9-3-4-10-19/h6-7H,3-5,8-10H2,1-2H3,(H,21,22). The van der Waals surface area contributed by atoms with Crippen molar-refractivity contribution in [3.8, 4) is 5.88 Å². The number of hydrogen-bond donors (Lipinski definition) is 1. The van der Waals surface area contributed by atoms with E-state index in [1.54, 1.807) is 21.7 Å². The van der Waals surface area contributed by atoms with E-state index in [-0.39, 0.29) is 12.3 Å². The Morgan fingerprint density at radius 1 is 1.25 bits per heavy atom.